The molecule has 5 nitrogen and oxygen atoms in total. The van der Waals surface area contributed by atoms with Crippen LogP contribution in [0.15, 0.2) is 60.9 Å². The van der Waals surface area contributed by atoms with E-state index < -0.39 is 11.7 Å². The molecule has 26 heavy (non-hydrogen) atoms. The molecule has 0 aliphatic rings. The molecule has 2 aromatic carbocycles. The summed E-state index contributed by atoms with van der Waals surface area (Å²) in [5, 5.41) is 10.7. The van der Waals surface area contributed by atoms with Gasteiger partial charge in [-0.25, -0.2) is 9.97 Å². The number of H-pyrrole nitrogens is 1. The molecule has 4 rings (SSSR count). The van der Waals surface area contributed by atoms with Gasteiger partial charge in [0.1, 0.15) is 0 Å². The standard InChI is InChI=1S/C18H12F3N5/c19-18(20,21)13-2-1-3-14(9-13)24-17-22-7-6-15(25-17)11-4-5-12-10-23-26-16(12)8-11/h1-10H,(H,23,26)(H,22,24,25). The summed E-state index contributed by atoms with van der Waals surface area (Å²) < 4.78 is 38.5. The summed E-state index contributed by atoms with van der Waals surface area (Å²) in [6.45, 7) is 0. The minimum Gasteiger partial charge on any atom is -0.324 e. The second kappa shape index (κ2) is 6.14. The van der Waals surface area contributed by atoms with Crippen LogP contribution in [0.5, 0.6) is 0 Å². The van der Waals surface area contributed by atoms with E-state index in [1.165, 1.54) is 12.1 Å². The van der Waals surface area contributed by atoms with Crippen LogP contribution in [-0.2, 0) is 6.18 Å². The number of anilines is 2. The highest BCUT2D eigenvalue weighted by Crippen LogP contribution is 2.31. The number of nitrogens with zero attached hydrogens (tertiary/aromatic N) is 3. The quantitative estimate of drug-likeness (QED) is 0.555. The average molecular weight is 355 g/mol. The molecule has 0 bridgehead atoms. The lowest BCUT2D eigenvalue weighted by Crippen LogP contribution is -2.05. The topological polar surface area (TPSA) is 66.5 Å². The molecule has 2 heterocycles. The van der Waals surface area contributed by atoms with Crippen molar-refractivity contribution in [3.63, 3.8) is 0 Å². The Morgan fingerprint density at radius 2 is 1.88 bits per heavy atom. The third kappa shape index (κ3) is 3.21. The van der Waals surface area contributed by atoms with Crippen LogP contribution < -0.4 is 5.32 Å². The zero-order chi connectivity index (χ0) is 18.1. The number of hydrogen-bond acceptors (Lipinski definition) is 4. The Hall–Kier alpha value is -3.42. The average Bonchev–Trinajstić information content (AvgIpc) is 3.09. The van der Waals surface area contributed by atoms with Crippen molar-refractivity contribution in [2.75, 3.05) is 5.32 Å². The SMILES string of the molecule is FC(F)(F)c1cccc(Nc2nccc(-c3ccc4cn[nH]c4c3)n2)c1. The molecule has 0 saturated heterocycles. The second-order valence-electron chi connectivity index (χ2n) is 5.64. The van der Waals surface area contributed by atoms with E-state index in [0.717, 1.165) is 28.6 Å². The fraction of sp³-hybridized carbons (Fsp3) is 0.0556. The van der Waals surface area contributed by atoms with Gasteiger partial charge in [0, 0.05) is 22.8 Å². The van der Waals surface area contributed by atoms with Gasteiger partial charge in [0.05, 0.1) is 23.0 Å². The molecule has 0 fully saturated rings. The molecule has 0 amide bonds. The highest BCUT2D eigenvalue weighted by Gasteiger charge is 2.30. The summed E-state index contributed by atoms with van der Waals surface area (Å²) in [6.07, 6.45) is -1.13. The van der Waals surface area contributed by atoms with Gasteiger partial charge in [-0.3, -0.25) is 5.10 Å². The zero-order valence-electron chi connectivity index (χ0n) is 13.2. The lowest BCUT2D eigenvalue weighted by molar-refractivity contribution is -0.137. The Bertz CT molecular complexity index is 1070. The van der Waals surface area contributed by atoms with E-state index in [-0.39, 0.29) is 11.6 Å². The maximum atomic E-state index is 12.8. The number of nitrogens with one attached hydrogen (secondary N) is 2. The molecule has 8 heteroatoms. The van der Waals surface area contributed by atoms with Crippen LogP contribution in [-0.4, -0.2) is 20.2 Å². The summed E-state index contributed by atoms with van der Waals surface area (Å²) in [6, 6.07) is 12.3. The van der Waals surface area contributed by atoms with Gasteiger partial charge in [0.25, 0.3) is 0 Å². The van der Waals surface area contributed by atoms with Crippen molar-refractivity contribution in [2.45, 2.75) is 6.18 Å². The smallest absolute Gasteiger partial charge is 0.324 e. The molecule has 0 spiro atoms. The van der Waals surface area contributed by atoms with Crippen molar-refractivity contribution in [1.82, 2.24) is 20.2 Å². The minimum atomic E-state index is -4.40. The maximum absolute atomic E-state index is 12.8. The predicted octanol–water partition coefficient (Wildman–Crippen LogP) is 4.78. The number of benzene rings is 2. The molecule has 2 N–H and O–H groups in total. The molecule has 0 radical (unpaired) electrons. The maximum Gasteiger partial charge on any atom is 0.416 e. The Labute approximate surface area is 145 Å². The molecule has 0 saturated carbocycles. The Morgan fingerprint density at radius 1 is 1.00 bits per heavy atom. The van der Waals surface area contributed by atoms with E-state index >= 15 is 0 Å². The zero-order valence-corrected chi connectivity index (χ0v) is 13.2. The van der Waals surface area contributed by atoms with Crippen LogP contribution in [0.1, 0.15) is 5.56 Å². The first-order valence-corrected chi connectivity index (χ1v) is 7.70. The van der Waals surface area contributed by atoms with E-state index in [9.17, 15) is 13.2 Å². The number of halogens is 3. The van der Waals surface area contributed by atoms with Gasteiger partial charge in [-0.2, -0.15) is 18.3 Å². The Kier molecular flexibility index (Phi) is 3.80. The number of alkyl halides is 3. The summed E-state index contributed by atoms with van der Waals surface area (Å²) >= 11 is 0. The van der Waals surface area contributed by atoms with E-state index in [0.29, 0.717) is 5.69 Å². The lowest BCUT2D eigenvalue weighted by Gasteiger charge is -2.10. The number of hydrogen-bond donors (Lipinski definition) is 2. The predicted molar refractivity (Wildman–Crippen MR) is 91.8 cm³/mol. The third-order valence-corrected chi connectivity index (χ3v) is 3.84. The van der Waals surface area contributed by atoms with Crippen LogP contribution in [0.2, 0.25) is 0 Å². The fourth-order valence-electron chi connectivity index (χ4n) is 2.58. The van der Waals surface area contributed by atoms with Gasteiger partial charge in [-0.1, -0.05) is 18.2 Å². The van der Waals surface area contributed by atoms with Crippen molar-refractivity contribution in [3.8, 4) is 11.3 Å². The number of aromatic nitrogens is 4. The number of fused-ring (bicyclic) bond motifs is 1. The first-order chi connectivity index (χ1) is 12.5. The lowest BCUT2D eigenvalue weighted by atomic mass is 10.1. The van der Waals surface area contributed by atoms with Crippen molar-refractivity contribution < 1.29 is 13.2 Å². The van der Waals surface area contributed by atoms with Crippen molar-refractivity contribution in [1.29, 1.82) is 0 Å². The molecule has 0 aliphatic heterocycles. The highest BCUT2D eigenvalue weighted by atomic mass is 19.4. The summed E-state index contributed by atoms with van der Waals surface area (Å²) in [5.41, 5.74) is 1.89. The van der Waals surface area contributed by atoms with Gasteiger partial charge in [0.15, 0.2) is 0 Å². The Balaban J connectivity index is 1.64. The molecule has 0 atom stereocenters. The second-order valence-corrected chi connectivity index (χ2v) is 5.64. The van der Waals surface area contributed by atoms with Crippen LogP contribution in [0, 0.1) is 0 Å². The summed E-state index contributed by atoms with van der Waals surface area (Å²) in [5.74, 6) is 0.214. The normalized spacial score (nSPS) is 11.7. The Morgan fingerprint density at radius 3 is 2.73 bits per heavy atom. The van der Waals surface area contributed by atoms with Crippen LogP contribution in [0.3, 0.4) is 0 Å². The van der Waals surface area contributed by atoms with Crippen LogP contribution in [0.4, 0.5) is 24.8 Å². The van der Waals surface area contributed by atoms with E-state index in [1.807, 2.05) is 18.2 Å². The molecule has 2 aromatic heterocycles. The van der Waals surface area contributed by atoms with Gasteiger partial charge >= 0.3 is 6.18 Å². The molecule has 130 valence electrons. The first-order valence-electron chi connectivity index (χ1n) is 7.70. The van der Waals surface area contributed by atoms with E-state index in [4.69, 9.17) is 0 Å². The third-order valence-electron chi connectivity index (χ3n) is 3.84. The van der Waals surface area contributed by atoms with Crippen LogP contribution in [0.25, 0.3) is 22.2 Å². The van der Waals surface area contributed by atoms with Gasteiger partial charge in [-0.05, 0) is 30.3 Å². The van der Waals surface area contributed by atoms with E-state index in [1.54, 1.807) is 18.5 Å². The van der Waals surface area contributed by atoms with E-state index in [2.05, 4.69) is 25.5 Å². The minimum absolute atomic E-state index is 0.214. The highest BCUT2D eigenvalue weighted by molar-refractivity contribution is 5.83. The summed E-state index contributed by atoms with van der Waals surface area (Å²) in [7, 11) is 0. The number of rotatable bonds is 3. The number of aromatic amines is 1. The largest absolute Gasteiger partial charge is 0.416 e. The monoisotopic (exact) mass is 355 g/mol. The van der Waals surface area contributed by atoms with Crippen molar-refractivity contribution in [2.24, 2.45) is 0 Å². The van der Waals surface area contributed by atoms with Crippen molar-refractivity contribution >= 4 is 22.5 Å². The first kappa shape index (κ1) is 16.1. The molecular formula is C18H12F3N5. The van der Waals surface area contributed by atoms with Gasteiger partial charge in [-0.15, -0.1) is 0 Å². The van der Waals surface area contributed by atoms with Gasteiger partial charge < -0.3 is 5.32 Å². The van der Waals surface area contributed by atoms with Crippen molar-refractivity contribution in [3.05, 3.63) is 66.5 Å². The van der Waals surface area contributed by atoms with Gasteiger partial charge in [0.2, 0.25) is 5.95 Å². The summed E-state index contributed by atoms with van der Waals surface area (Å²) in [4.78, 5) is 8.46. The van der Waals surface area contributed by atoms with Crippen LogP contribution >= 0.6 is 0 Å². The molecule has 0 aliphatic carbocycles. The molecular weight excluding hydrogens is 343 g/mol. The fourth-order valence-corrected chi connectivity index (χ4v) is 2.58. The molecule has 0 unspecified atom stereocenters. The molecule has 4 aromatic rings.